The average molecular weight is 374 g/mol. The first kappa shape index (κ1) is 19.2. The van der Waals surface area contributed by atoms with Gasteiger partial charge in [-0.15, -0.1) is 5.10 Å². The Hall–Kier alpha value is -2.57. The number of benzene rings is 1. The molecule has 0 saturated carbocycles. The fraction of sp³-hybridized carbons (Fsp3) is 0.500. The number of amides is 1. The van der Waals surface area contributed by atoms with Crippen molar-refractivity contribution in [3.63, 3.8) is 0 Å². The molecular formula is C20H27FN4O2. The fourth-order valence-electron chi connectivity index (χ4n) is 3.19. The number of halogens is 1. The zero-order valence-corrected chi connectivity index (χ0v) is 16.0. The molecule has 6 nitrogen and oxygen atoms in total. The van der Waals surface area contributed by atoms with Crippen LogP contribution in [0.5, 0.6) is 5.88 Å². The summed E-state index contributed by atoms with van der Waals surface area (Å²) in [5.41, 5.74) is 1.51. The molecule has 2 heterocycles. The topological polar surface area (TPSA) is 50.6 Å². The molecule has 0 atom stereocenters. The van der Waals surface area contributed by atoms with Gasteiger partial charge in [0.2, 0.25) is 5.88 Å². The summed E-state index contributed by atoms with van der Waals surface area (Å²) in [7, 11) is 0. The molecule has 1 aromatic heterocycles. The van der Waals surface area contributed by atoms with E-state index in [4.69, 9.17) is 4.74 Å². The Balaban J connectivity index is 1.67. The summed E-state index contributed by atoms with van der Waals surface area (Å²) >= 11 is 0. The molecular weight excluding hydrogens is 347 g/mol. The van der Waals surface area contributed by atoms with Crippen LogP contribution in [0.3, 0.4) is 0 Å². The second kappa shape index (κ2) is 8.88. The summed E-state index contributed by atoms with van der Waals surface area (Å²) in [5, 5.41) is 4.43. The van der Waals surface area contributed by atoms with Crippen LogP contribution in [0, 0.1) is 5.82 Å². The number of aromatic nitrogens is 2. The van der Waals surface area contributed by atoms with Crippen molar-refractivity contribution in [2.45, 2.75) is 33.2 Å². The highest BCUT2D eigenvalue weighted by molar-refractivity contribution is 5.96. The van der Waals surface area contributed by atoms with E-state index in [1.807, 2.05) is 11.8 Å². The Bertz CT molecular complexity index is 752. The largest absolute Gasteiger partial charge is 0.476 e. The summed E-state index contributed by atoms with van der Waals surface area (Å²) in [6.45, 7) is 8.06. The minimum absolute atomic E-state index is 0.0396. The van der Waals surface area contributed by atoms with Crippen molar-refractivity contribution in [1.82, 2.24) is 14.7 Å². The number of nitrogens with zero attached hydrogens (tertiary/aromatic N) is 4. The third-order valence-electron chi connectivity index (χ3n) is 4.61. The molecule has 0 N–H and O–H groups in total. The molecule has 1 amide bonds. The maximum Gasteiger partial charge on any atom is 0.261 e. The SMILES string of the molecule is CCCOc1nn(CCC)cc1C(=O)N1CCN(c2ccc(F)cc2)CC1. The van der Waals surface area contributed by atoms with Crippen molar-refractivity contribution in [2.75, 3.05) is 37.7 Å². The molecule has 146 valence electrons. The van der Waals surface area contributed by atoms with Gasteiger partial charge in [0.25, 0.3) is 5.91 Å². The van der Waals surface area contributed by atoms with E-state index in [9.17, 15) is 9.18 Å². The van der Waals surface area contributed by atoms with Crippen LogP contribution >= 0.6 is 0 Å². The normalized spacial score (nSPS) is 14.5. The Kier molecular flexibility index (Phi) is 6.32. The lowest BCUT2D eigenvalue weighted by molar-refractivity contribution is 0.0742. The van der Waals surface area contributed by atoms with E-state index >= 15 is 0 Å². The predicted octanol–water partition coefficient (Wildman–Crippen LogP) is 3.18. The van der Waals surface area contributed by atoms with E-state index in [1.165, 1.54) is 12.1 Å². The van der Waals surface area contributed by atoms with Gasteiger partial charge in [0.15, 0.2) is 0 Å². The van der Waals surface area contributed by atoms with Crippen molar-refractivity contribution in [3.8, 4) is 5.88 Å². The predicted molar refractivity (Wildman–Crippen MR) is 103 cm³/mol. The van der Waals surface area contributed by atoms with Crippen LogP contribution in [0.25, 0.3) is 0 Å². The average Bonchev–Trinajstić information content (AvgIpc) is 3.09. The van der Waals surface area contributed by atoms with Gasteiger partial charge in [0.05, 0.1) is 6.61 Å². The van der Waals surface area contributed by atoms with Crippen LogP contribution in [0.2, 0.25) is 0 Å². The van der Waals surface area contributed by atoms with Gasteiger partial charge < -0.3 is 14.5 Å². The molecule has 0 unspecified atom stereocenters. The van der Waals surface area contributed by atoms with Crippen molar-refractivity contribution in [3.05, 3.63) is 41.8 Å². The van der Waals surface area contributed by atoms with Gasteiger partial charge >= 0.3 is 0 Å². The van der Waals surface area contributed by atoms with Crippen LogP contribution < -0.4 is 9.64 Å². The number of carbonyl (C=O) groups is 1. The van der Waals surface area contributed by atoms with E-state index in [0.29, 0.717) is 44.2 Å². The molecule has 7 heteroatoms. The van der Waals surface area contributed by atoms with Crippen LogP contribution in [0.1, 0.15) is 37.0 Å². The minimum atomic E-state index is -0.240. The number of aryl methyl sites for hydroxylation is 1. The molecule has 3 rings (SSSR count). The number of ether oxygens (including phenoxy) is 1. The summed E-state index contributed by atoms with van der Waals surface area (Å²) in [5.74, 6) is 0.148. The smallest absolute Gasteiger partial charge is 0.261 e. The molecule has 0 aliphatic carbocycles. The van der Waals surface area contributed by atoms with Gasteiger partial charge in [0.1, 0.15) is 11.4 Å². The zero-order valence-electron chi connectivity index (χ0n) is 16.0. The van der Waals surface area contributed by atoms with Crippen LogP contribution in [-0.4, -0.2) is 53.4 Å². The van der Waals surface area contributed by atoms with Gasteiger partial charge in [-0.1, -0.05) is 13.8 Å². The Labute approximate surface area is 159 Å². The zero-order chi connectivity index (χ0) is 19.2. The second-order valence-electron chi connectivity index (χ2n) is 6.72. The lowest BCUT2D eigenvalue weighted by Gasteiger charge is -2.36. The Morgan fingerprint density at radius 3 is 2.44 bits per heavy atom. The lowest BCUT2D eigenvalue weighted by atomic mass is 10.2. The van der Waals surface area contributed by atoms with E-state index in [2.05, 4.69) is 16.9 Å². The van der Waals surface area contributed by atoms with Crippen molar-refractivity contribution in [1.29, 1.82) is 0 Å². The first-order valence-electron chi connectivity index (χ1n) is 9.62. The Morgan fingerprint density at radius 1 is 1.11 bits per heavy atom. The molecule has 0 spiro atoms. The van der Waals surface area contributed by atoms with Gasteiger partial charge in [-0.05, 0) is 37.1 Å². The number of carbonyl (C=O) groups excluding carboxylic acids is 1. The molecule has 0 radical (unpaired) electrons. The summed E-state index contributed by atoms with van der Waals surface area (Å²) < 4.78 is 20.6. The third kappa shape index (κ3) is 4.59. The van der Waals surface area contributed by atoms with Crippen molar-refractivity contribution in [2.24, 2.45) is 0 Å². The fourth-order valence-corrected chi connectivity index (χ4v) is 3.19. The van der Waals surface area contributed by atoms with Gasteiger partial charge in [-0.25, -0.2) is 4.39 Å². The maximum atomic E-state index is 13.1. The number of hydrogen-bond donors (Lipinski definition) is 0. The first-order valence-corrected chi connectivity index (χ1v) is 9.62. The highest BCUT2D eigenvalue weighted by Gasteiger charge is 2.26. The summed E-state index contributed by atoms with van der Waals surface area (Å²) in [6.07, 6.45) is 3.60. The van der Waals surface area contributed by atoms with Crippen LogP contribution in [0.15, 0.2) is 30.5 Å². The summed E-state index contributed by atoms with van der Waals surface area (Å²) in [4.78, 5) is 17.0. The molecule has 2 aromatic rings. The number of hydrogen-bond acceptors (Lipinski definition) is 4. The van der Waals surface area contributed by atoms with Gasteiger partial charge in [-0.3, -0.25) is 9.48 Å². The first-order chi connectivity index (χ1) is 13.1. The third-order valence-corrected chi connectivity index (χ3v) is 4.61. The van der Waals surface area contributed by atoms with Crippen molar-refractivity contribution >= 4 is 11.6 Å². The number of anilines is 1. The van der Waals surface area contributed by atoms with E-state index < -0.39 is 0 Å². The van der Waals surface area contributed by atoms with E-state index in [0.717, 1.165) is 25.1 Å². The van der Waals surface area contributed by atoms with E-state index in [1.54, 1.807) is 23.0 Å². The maximum absolute atomic E-state index is 13.1. The molecule has 1 saturated heterocycles. The minimum Gasteiger partial charge on any atom is -0.476 e. The number of piperazine rings is 1. The monoisotopic (exact) mass is 374 g/mol. The molecule has 0 bridgehead atoms. The molecule has 1 aliphatic rings. The Morgan fingerprint density at radius 2 is 1.81 bits per heavy atom. The van der Waals surface area contributed by atoms with Crippen LogP contribution in [0.4, 0.5) is 10.1 Å². The standard InChI is InChI=1S/C20H27FN4O2/c1-3-9-25-15-18(19(22-25)27-14-4-2)20(26)24-12-10-23(11-13-24)17-7-5-16(21)6-8-17/h5-8,15H,3-4,9-14H2,1-2H3. The second-order valence-corrected chi connectivity index (χ2v) is 6.72. The summed E-state index contributed by atoms with van der Waals surface area (Å²) in [6, 6.07) is 6.48. The molecule has 1 fully saturated rings. The highest BCUT2D eigenvalue weighted by atomic mass is 19.1. The van der Waals surface area contributed by atoms with Crippen molar-refractivity contribution < 1.29 is 13.9 Å². The van der Waals surface area contributed by atoms with Crippen LogP contribution in [-0.2, 0) is 6.54 Å². The molecule has 1 aliphatic heterocycles. The molecule has 1 aromatic carbocycles. The van der Waals surface area contributed by atoms with Gasteiger partial charge in [0, 0.05) is 44.6 Å². The lowest BCUT2D eigenvalue weighted by Crippen LogP contribution is -2.48. The quantitative estimate of drug-likeness (QED) is 0.747. The highest BCUT2D eigenvalue weighted by Crippen LogP contribution is 2.22. The van der Waals surface area contributed by atoms with Gasteiger partial charge in [-0.2, -0.15) is 0 Å². The number of rotatable bonds is 7. The molecule has 27 heavy (non-hydrogen) atoms. The van der Waals surface area contributed by atoms with E-state index in [-0.39, 0.29) is 11.7 Å².